The van der Waals surface area contributed by atoms with E-state index in [1.807, 2.05) is 13.8 Å². The van der Waals surface area contributed by atoms with E-state index in [4.69, 9.17) is 4.74 Å². The van der Waals surface area contributed by atoms with Gasteiger partial charge in [-0.05, 0) is 103 Å². The fraction of sp³-hybridized carbons (Fsp3) is 0.308. The third-order valence-corrected chi connectivity index (χ3v) is 6.62. The maximum atomic E-state index is 12.7. The topological polar surface area (TPSA) is 126 Å². The first-order chi connectivity index (χ1) is 17.2. The minimum absolute atomic E-state index is 0.0978. The van der Waals surface area contributed by atoms with Crippen LogP contribution in [0.3, 0.4) is 0 Å². The van der Waals surface area contributed by atoms with Crippen molar-refractivity contribution in [2.75, 3.05) is 6.54 Å². The van der Waals surface area contributed by atoms with Gasteiger partial charge in [0, 0.05) is 6.54 Å². The van der Waals surface area contributed by atoms with Gasteiger partial charge in [0.2, 0.25) is 5.69 Å². The summed E-state index contributed by atoms with van der Waals surface area (Å²) in [6.07, 6.45) is 7.37. The highest BCUT2D eigenvalue weighted by molar-refractivity contribution is 9.10. The second-order valence-electron chi connectivity index (χ2n) is 8.76. The van der Waals surface area contributed by atoms with Crippen LogP contribution in [0.4, 0.5) is 0 Å². The second-order valence-corrected chi connectivity index (χ2v) is 9.61. The van der Waals surface area contributed by atoms with Crippen molar-refractivity contribution in [1.82, 2.24) is 20.1 Å². The lowest BCUT2D eigenvalue weighted by atomic mass is 9.97. The predicted octanol–water partition coefficient (Wildman–Crippen LogP) is 4.42. The molecule has 0 atom stereocenters. The molecule has 3 aromatic rings. The highest BCUT2D eigenvalue weighted by Gasteiger charge is 2.18. The first kappa shape index (κ1) is 25.4. The number of aromatic amines is 1. The lowest BCUT2D eigenvalue weighted by molar-refractivity contribution is 0.0945. The number of allylic oxidation sites excluding steroid dienone is 1. The molecule has 3 N–H and O–H groups in total. The molecule has 1 aliphatic rings. The van der Waals surface area contributed by atoms with E-state index in [2.05, 4.69) is 37.4 Å². The third-order valence-electron chi connectivity index (χ3n) is 5.99. The summed E-state index contributed by atoms with van der Waals surface area (Å²) in [5.41, 5.74) is 1.14. The molecular formula is C26H27BrN4O5. The number of hydrogen-bond acceptors (Lipinski definition) is 6. The molecule has 0 radical (unpaired) electrons. The highest BCUT2D eigenvalue weighted by Crippen LogP contribution is 2.34. The molecule has 36 heavy (non-hydrogen) atoms. The second kappa shape index (κ2) is 10.9. The minimum Gasteiger partial charge on any atom is -0.507 e. The Morgan fingerprint density at radius 2 is 1.94 bits per heavy atom. The quantitative estimate of drug-likeness (QED) is 0.371. The number of phenols is 1. The Hall–Kier alpha value is -3.66. The van der Waals surface area contributed by atoms with Crippen LogP contribution in [-0.2, 0) is 0 Å². The van der Waals surface area contributed by atoms with E-state index in [1.54, 1.807) is 24.3 Å². The standard InChI is InChI=1S/C26H27BrN4O5/c1-15-12-18(13-16(2)23(15)36-19-8-9-21(32)20(27)14-19)31-26(35)29-25(34)22(30-31)24(33)28-11-10-17-6-4-3-5-7-17/h6,8-9,12-14,32H,3-5,7,10-11H2,1-2H3,(H,28,33)(H,29,34,35). The number of halogens is 1. The molecule has 0 aliphatic heterocycles. The van der Waals surface area contributed by atoms with Gasteiger partial charge in [-0.1, -0.05) is 11.6 Å². The van der Waals surface area contributed by atoms with Crippen molar-refractivity contribution in [3.63, 3.8) is 0 Å². The molecule has 10 heteroatoms. The Bertz CT molecular complexity index is 1430. The first-order valence-electron chi connectivity index (χ1n) is 11.7. The molecule has 0 saturated carbocycles. The fourth-order valence-corrected chi connectivity index (χ4v) is 4.51. The van der Waals surface area contributed by atoms with Crippen LogP contribution < -0.4 is 21.3 Å². The Labute approximate surface area is 216 Å². The summed E-state index contributed by atoms with van der Waals surface area (Å²) in [6, 6.07) is 8.16. The fourth-order valence-electron chi connectivity index (χ4n) is 4.16. The number of carbonyl (C=O) groups is 1. The molecule has 0 fully saturated rings. The van der Waals surface area contributed by atoms with Crippen LogP contribution in [0.15, 0.2) is 56.0 Å². The largest absolute Gasteiger partial charge is 0.507 e. The van der Waals surface area contributed by atoms with E-state index >= 15 is 0 Å². The van der Waals surface area contributed by atoms with Crippen molar-refractivity contribution in [3.05, 3.63) is 84.1 Å². The molecule has 188 valence electrons. The van der Waals surface area contributed by atoms with Crippen LogP contribution >= 0.6 is 15.9 Å². The molecule has 2 aromatic carbocycles. The van der Waals surface area contributed by atoms with Gasteiger partial charge in [0.25, 0.3) is 11.5 Å². The average molecular weight is 555 g/mol. The number of aromatic hydroxyl groups is 1. The van der Waals surface area contributed by atoms with Crippen molar-refractivity contribution >= 4 is 21.8 Å². The zero-order chi connectivity index (χ0) is 25.8. The Balaban J connectivity index is 1.57. The molecule has 0 unspecified atom stereocenters. The third kappa shape index (κ3) is 5.76. The van der Waals surface area contributed by atoms with E-state index in [0.29, 0.717) is 39.3 Å². The predicted molar refractivity (Wildman–Crippen MR) is 139 cm³/mol. The van der Waals surface area contributed by atoms with Crippen molar-refractivity contribution in [3.8, 4) is 22.9 Å². The molecule has 9 nitrogen and oxygen atoms in total. The summed E-state index contributed by atoms with van der Waals surface area (Å²) in [6.45, 7) is 4.01. The van der Waals surface area contributed by atoms with Crippen LogP contribution in [-0.4, -0.2) is 32.3 Å². The molecule has 1 heterocycles. The molecule has 0 bridgehead atoms. The highest BCUT2D eigenvalue weighted by atomic mass is 79.9. The molecule has 1 aromatic heterocycles. The number of benzene rings is 2. The summed E-state index contributed by atoms with van der Waals surface area (Å²) in [4.78, 5) is 39.7. The number of nitrogens with one attached hydrogen (secondary N) is 2. The van der Waals surface area contributed by atoms with Crippen molar-refractivity contribution in [2.24, 2.45) is 0 Å². The number of ether oxygens (including phenoxy) is 1. The number of hydrogen-bond donors (Lipinski definition) is 3. The van der Waals surface area contributed by atoms with E-state index in [9.17, 15) is 19.5 Å². The van der Waals surface area contributed by atoms with Crippen LogP contribution in [0.5, 0.6) is 17.2 Å². The van der Waals surface area contributed by atoms with E-state index in [-0.39, 0.29) is 11.4 Å². The maximum absolute atomic E-state index is 12.7. The van der Waals surface area contributed by atoms with Crippen LogP contribution in [0.1, 0.15) is 53.7 Å². The normalized spacial score (nSPS) is 13.2. The monoisotopic (exact) mass is 554 g/mol. The number of amides is 1. The zero-order valence-corrected chi connectivity index (χ0v) is 21.6. The number of aromatic nitrogens is 3. The number of H-pyrrole nitrogens is 1. The zero-order valence-electron chi connectivity index (χ0n) is 20.1. The summed E-state index contributed by atoms with van der Waals surface area (Å²) < 4.78 is 7.50. The van der Waals surface area contributed by atoms with Gasteiger partial charge in [0.15, 0.2) is 0 Å². The summed E-state index contributed by atoms with van der Waals surface area (Å²) in [7, 11) is 0. The van der Waals surface area contributed by atoms with E-state index in [0.717, 1.165) is 30.4 Å². The smallest absolute Gasteiger partial charge is 0.349 e. The number of rotatable bonds is 7. The van der Waals surface area contributed by atoms with E-state index in [1.165, 1.54) is 18.1 Å². The van der Waals surface area contributed by atoms with Crippen molar-refractivity contribution in [1.29, 1.82) is 0 Å². The molecule has 1 aliphatic carbocycles. The van der Waals surface area contributed by atoms with Crippen molar-refractivity contribution < 1.29 is 14.6 Å². The molecule has 0 spiro atoms. The lowest BCUT2D eigenvalue weighted by Gasteiger charge is -2.15. The lowest BCUT2D eigenvalue weighted by Crippen LogP contribution is -2.39. The van der Waals surface area contributed by atoms with E-state index < -0.39 is 17.2 Å². The number of phenolic OH excluding ortho intramolecular Hbond substituents is 1. The molecule has 4 rings (SSSR count). The van der Waals surface area contributed by atoms with Gasteiger partial charge in [0.1, 0.15) is 17.2 Å². The van der Waals surface area contributed by atoms with Crippen LogP contribution in [0.2, 0.25) is 0 Å². The van der Waals surface area contributed by atoms with Gasteiger partial charge in [-0.25, -0.2) is 4.79 Å². The van der Waals surface area contributed by atoms with Crippen molar-refractivity contribution in [2.45, 2.75) is 46.0 Å². The van der Waals surface area contributed by atoms with Crippen LogP contribution in [0, 0.1) is 13.8 Å². The molecule has 1 amide bonds. The van der Waals surface area contributed by atoms with Gasteiger partial charge in [-0.15, -0.1) is 0 Å². The summed E-state index contributed by atoms with van der Waals surface area (Å²) >= 11 is 3.27. The first-order valence-corrected chi connectivity index (χ1v) is 12.5. The number of carbonyl (C=O) groups excluding carboxylic acids is 1. The van der Waals surface area contributed by atoms with Crippen LogP contribution in [0.25, 0.3) is 5.69 Å². The maximum Gasteiger partial charge on any atom is 0.349 e. The average Bonchev–Trinajstić information content (AvgIpc) is 2.84. The van der Waals surface area contributed by atoms with Gasteiger partial charge in [0.05, 0.1) is 10.2 Å². The van der Waals surface area contributed by atoms with Gasteiger partial charge in [-0.2, -0.15) is 9.78 Å². The number of nitrogens with zero attached hydrogens (tertiary/aromatic N) is 2. The Morgan fingerprint density at radius 3 is 2.61 bits per heavy atom. The minimum atomic E-state index is -0.836. The summed E-state index contributed by atoms with van der Waals surface area (Å²) in [5.74, 6) is 0.554. The summed E-state index contributed by atoms with van der Waals surface area (Å²) in [5, 5.41) is 16.5. The van der Waals surface area contributed by atoms with Gasteiger partial charge in [-0.3, -0.25) is 14.6 Å². The van der Waals surface area contributed by atoms with Gasteiger partial charge < -0.3 is 15.2 Å². The molecule has 0 saturated heterocycles. The Kier molecular flexibility index (Phi) is 7.73. The molecular weight excluding hydrogens is 528 g/mol. The Morgan fingerprint density at radius 1 is 1.19 bits per heavy atom. The van der Waals surface area contributed by atoms with Gasteiger partial charge >= 0.3 is 5.69 Å². The SMILES string of the molecule is Cc1cc(-n2nc(C(=O)NCCC3=CCCCC3)c(=O)[nH]c2=O)cc(C)c1Oc1ccc(O)c(Br)c1. The number of aryl methyl sites for hydroxylation is 2.